The molecule has 2 rings (SSSR count). The molecule has 6 nitrogen and oxygen atoms in total. The lowest BCUT2D eigenvalue weighted by molar-refractivity contribution is -0.147. The number of guanidine groups is 1. The van der Waals surface area contributed by atoms with Gasteiger partial charge < -0.3 is 20.4 Å². The molecule has 3 N–H and O–H groups in total. The molecule has 0 unspecified atom stereocenters. The summed E-state index contributed by atoms with van der Waals surface area (Å²) in [6.07, 6.45) is 2.84. The molecule has 8 heteroatoms. The molecule has 0 saturated carbocycles. The lowest BCUT2D eigenvalue weighted by atomic mass is 10.1. The summed E-state index contributed by atoms with van der Waals surface area (Å²) in [6.45, 7) is 4.77. The summed E-state index contributed by atoms with van der Waals surface area (Å²) < 4.78 is 18.3. The number of nitrogens with one attached hydrogen (secondary N) is 3. The summed E-state index contributed by atoms with van der Waals surface area (Å²) in [5, 5.41) is 7.29. The Morgan fingerprint density at radius 1 is 1.31 bits per heavy atom. The molecule has 0 bridgehead atoms. The van der Waals surface area contributed by atoms with Gasteiger partial charge in [-0.3, -0.25) is 9.79 Å². The van der Waals surface area contributed by atoms with Crippen LogP contribution in [0.4, 0.5) is 4.39 Å². The van der Waals surface area contributed by atoms with E-state index in [-0.39, 0.29) is 48.3 Å². The summed E-state index contributed by atoms with van der Waals surface area (Å²) >= 11 is 0. The standard InChI is InChI=1S/C18H25FN4O2.HI/c1-12(2)25-17(24)7-9-22-18(20-3)21-8-6-13-11-23-16-10-14(19)4-5-15(13)16;/h4-5,10-12,23H,6-9H2,1-3H3,(H2,20,21,22);1H. The molecule has 144 valence electrons. The van der Waals surface area contributed by atoms with Gasteiger partial charge in [0.15, 0.2) is 5.96 Å². The molecule has 26 heavy (non-hydrogen) atoms. The van der Waals surface area contributed by atoms with Crippen molar-refractivity contribution in [2.75, 3.05) is 20.1 Å². The van der Waals surface area contributed by atoms with Gasteiger partial charge in [0.05, 0.1) is 12.5 Å². The zero-order valence-electron chi connectivity index (χ0n) is 15.3. The van der Waals surface area contributed by atoms with Gasteiger partial charge in [0, 0.05) is 37.2 Å². The predicted octanol–water partition coefficient (Wildman–Crippen LogP) is 2.97. The second-order valence-electron chi connectivity index (χ2n) is 5.97. The van der Waals surface area contributed by atoms with E-state index in [2.05, 4.69) is 20.6 Å². The highest BCUT2D eigenvalue weighted by atomic mass is 127. The van der Waals surface area contributed by atoms with E-state index in [1.807, 2.05) is 20.0 Å². The molecule has 0 aliphatic carbocycles. The van der Waals surface area contributed by atoms with Crippen LogP contribution in [0.1, 0.15) is 25.8 Å². The average Bonchev–Trinajstić information content (AvgIpc) is 2.94. The van der Waals surface area contributed by atoms with E-state index < -0.39 is 0 Å². The Bertz CT molecular complexity index is 746. The third-order valence-corrected chi connectivity index (χ3v) is 3.63. The van der Waals surface area contributed by atoms with Crippen molar-refractivity contribution in [2.24, 2.45) is 4.99 Å². The fourth-order valence-corrected chi connectivity index (χ4v) is 2.51. The van der Waals surface area contributed by atoms with Gasteiger partial charge in [-0.25, -0.2) is 4.39 Å². The molecule has 0 spiro atoms. The summed E-state index contributed by atoms with van der Waals surface area (Å²) in [6, 6.07) is 4.73. The molecule has 0 fully saturated rings. The Labute approximate surface area is 170 Å². The Kier molecular flexibility index (Phi) is 9.39. The van der Waals surface area contributed by atoms with Crippen LogP contribution in [0.5, 0.6) is 0 Å². The van der Waals surface area contributed by atoms with Crippen molar-refractivity contribution >= 4 is 46.8 Å². The van der Waals surface area contributed by atoms with Crippen LogP contribution in [0, 0.1) is 5.82 Å². The quantitative estimate of drug-likeness (QED) is 0.249. The van der Waals surface area contributed by atoms with Gasteiger partial charge in [-0.05, 0) is 44.0 Å². The minimum absolute atomic E-state index is 0. The Morgan fingerprint density at radius 3 is 2.73 bits per heavy atom. The van der Waals surface area contributed by atoms with E-state index in [1.165, 1.54) is 12.1 Å². The van der Waals surface area contributed by atoms with E-state index in [0.29, 0.717) is 19.0 Å². The number of carbonyl (C=O) groups excluding carboxylic acids is 1. The molecule has 0 radical (unpaired) electrons. The lowest BCUT2D eigenvalue weighted by Gasteiger charge is -2.12. The molecule has 0 saturated heterocycles. The van der Waals surface area contributed by atoms with Crippen molar-refractivity contribution < 1.29 is 13.9 Å². The van der Waals surface area contributed by atoms with Gasteiger partial charge in [0.25, 0.3) is 0 Å². The first-order valence-corrected chi connectivity index (χ1v) is 8.39. The maximum atomic E-state index is 13.2. The summed E-state index contributed by atoms with van der Waals surface area (Å²) in [4.78, 5) is 18.7. The number of aromatic nitrogens is 1. The van der Waals surface area contributed by atoms with Crippen LogP contribution >= 0.6 is 24.0 Å². The number of aliphatic imine (C=N–C) groups is 1. The number of halogens is 2. The zero-order valence-corrected chi connectivity index (χ0v) is 17.6. The normalized spacial score (nSPS) is 11.3. The second kappa shape index (κ2) is 11.0. The van der Waals surface area contributed by atoms with Crippen LogP contribution in [0.3, 0.4) is 0 Å². The number of hydrogen-bond donors (Lipinski definition) is 3. The number of carbonyl (C=O) groups is 1. The molecule has 1 heterocycles. The molecular formula is C18H26FIN4O2. The minimum atomic E-state index is -0.250. The summed E-state index contributed by atoms with van der Waals surface area (Å²) in [7, 11) is 1.68. The fourth-order valence-electron chi connectivity index (χ4n) is 2.51. The number of ether oxygens (including phenoxy) is 1. The highest BCUT2D eigenvalue weighted by Gasteiger charge is 2.07. The van der Waals surface area contributed by atoms with E-state index in [1.54, 1.807) is 13.1 Å². The molecular weight excluding hydrogens is 450 g/mol. The maximum absolute atomic E-state index is 13.2. The topological polar surface area (TPSA) is 78.5 Å². The number of esters is 1. The van der Waals surface area contributed by atoms with Gasteiger partial charge in [0.1, 0.15) is 5.82 Å². The van der Waals surface area contributed by atoms with Gasteiger partial charge in [0.2, 0.25) is 0 Å². The van der Waals surface area contributed by atoms with Crippen molar-refractivity contribution in [2.45, 2.75) is 32.8 Å². The summed E-state index contributed by atoms with van der Waals surface area (Å²) in [5.74, 6) is 0.145. The molecule has 2 aromatic rings. The number of aromatic amines is 1. The van der Waals surface area contributed by atoms with E-state index in [9.17, 15) is 9.18 Å². The van der Waals surface area contributed by atoms with Crippen LogP contribution < -0.4 is 10.6 Å². The number of fused-ring (bicyclic) bond motifs is 1. The fraction of sp³-hybridized carbons (Fsp3) is 0.444. The largest absolute Gasteiger partial charge is 0.463 e. The Morgan fingerprint density at radius 2 is 2.04 bits per heavy atom. The Balaban J connectivity index is 0.00000338. The zero-order chi connectivity index (χ0) is 18.2. The highest BCUT2D eigenvalue weighted by molar-refractivity contribution is 14.0. The number of hydrogen-bond acceptors (Lipinski definition) is 3. The van der Waals surface area contributed by atoms with Gasteiger partial charge in [-0.1, -0.05) is 0 Å². The number of rotatable bonds is 7. The van der Waals surface area contributed by atoms with Crippen molar-refractivity contribution in [3.05, 3.63) is 35.8 Å². The number of H-pyrrole nitrogens is 1. The van der Waals surface area contributed by atoms with Gasteiger partial charge in [-0.2, -0.15) is 0 Å². The average molecular weight is 476 g/mol. The van der Waals surface area contributed by atoms with Crippen molar-refractivity contribution in [1.29, 1.82) is 0 Å². The smallest absolute Gasteiger partial charge is 0.307 e. The first-order chi connectivity index (χ1) is 12.0. The molecule has 0 atom stereocenters. The monoisotopic (exact) mass is 476 g/mol. The molecule has 1 aromatic carbocycles. The predicted molar refractivity (Wildman–Crippen MR) is 113 cm³/mol. The Hall–Kier alpha value is -1.84. The third-order valence-electron chi connectivity index (χ3n) is 3.63. The molecule has 0 aliphatic heterocycles. The maximum Gasteiger partial charge on any atom is 0.307 e. The molecule has 0 aliphatic rings. The molecule has 0 amide bonds. The van der Waals surface area contributed by atoms with Crippen molar-refractivity contribution in [3.8, 4) is 0 Å². The van der Waals surface area contributed by atoms with Crippen LogP contribution in [0.15, 0.2) is 29.4 Å². The van der Waals surface area contributed by atoms with Gasteiger partial charge >= 0.3 is 5.97 Å². The van der Waals surface area contributed by atoms with Crippen molar-refractivity contribution in [3.63, 3.8) is 0 Å². The van der Waals surface area contributed by atoms with Crippen LogP contribution in [0.2, 0.25) is 0 Å². The summed E-state index contributed by atoms with van der Waals surface area (Å²) in [5.41, 5.74) is 1.90. The third kappa shape index (κ3) is 6.81. The SMILES string of the molecule is CN=C(NCCC(=O)OC(C)C)NCCc1c[nH]c2cc(F)ccc12.I. The number of benzene rings is 1. The van der Waals surface area contributed by atoms with Crippen LogP contribution in [-0.4, -0.2) is 43.2 Å². The van der Waals surface area contributed by atoms with E-state index in [4.69, 9.17) is 4.74 Å². The van der Waals surface area contributed by atoms with Crippen LogP contribution in [0.25, 0.3) is 10.9 Å². The highest BCUT2D eigenvalue weighted by Crippen LogP contribution is 2.19. The lowest BCUT2D eigenvalue weighted by Crippen LogP contribution is -2.39. The van der Waals surface area contributed by atoms with Gasteiger partial charge in [-0.15, -0.1) is 24.0 Å². The number of nitrogens with zero attached hydrogens (tertiary/aromatic N) is 1. The van der Waals surface area contributed by atoms with E-state index in [0.717, 1.165) is 22.9 Å². The van der Waals surface area contributed by atoms with Crippen molar-refractivity contribution in [1.82, 2.24) is 15.6 Å². The second-order valence-corrected chi connectivity index (χ2v) is 5.97. The van der Waals surface area contributed by atoms with E-state index >= 15 is 0 Å². The minimum Gasteiger partial charge on any atom is -0.463 e. The molecule has 1 aromatic heterocycles. The van der Waals surface area contributed by atoms with Crippen LogP contribution in [-0.2, 0) is 16.0 Å². The first kappa shape index (κ1) is 22.2. The first-order valence-electron chi connectivity index (χ1n) is 8.39.